The van der Waals surface area contributed by atoms with Crippen molar-refractivity contribution in [3.05, 3.63) is 30.4 Å². The third-order valence-corrected chi connectivity index (χ3v) is 5.22. The summed E-state index contributed by atoms with van der Waals surface area (Å²) in [5.74, 6) is 1.67. The van der Waals surface area contributed by atoms with Crippen LogP contribution < -0.4 is 14.2 Å². The van der Waals surface area contributed by atoms with E-state index in [1.54, 1.807) is 18.2 Å². The number of benzene rings is 1. The summed E-state index contributed by atoms with van der Waals surface area (Å²) in [5.41, 5.74) is 0. The van der Waals surface area contributed by atoms with Crippen LogP contribution in [0.3, 0.4) is 0 Å². The normalized spacial score (nSPS) is 12.6. The van der Waals surface area contributed by atoms with Crippen molar-refractivity contribution in [1.29, 1.82) is 0 Å². The predicted octanol–water partition coefficient (Wildman–Crippen LogP) is 7.36. The quantitative estimate of drug-likeness (QED) is 0.125. The Morgan fingerprint density at radius 3 is 2.21 bits per heavy atom. The first-order valence-electron chi connectivity index (χ1n) is 11.5. The minimum Gasteiger partial charge on any atom is -0.454 e. The molecule has 29 heavy (non-hydrogen) atoms. The van der Waals surface area contributed by atoms with Crippen LogP contribution in [0.2, 0.25) is 0 Å². The van der Waals surface area contributed by atoms with Crippen LogP contribution in [-0.4, -0.2) is 12.8 Å². The zero-order valence-electron chi connectivity index (χ0n) is 18.1. The van der Waals surface area contributed by atoms with Gasteiger partial charge in [0.2, 0.25) is 6.79 Å². The Morgan fingerprint density at radius 1 is 0.862 bits per heavy atom. The maximum atomic E-state index is 11.9. The maximum Gasteiger partial charge on any atom is 0.311 e. The van der Waals surface area contributed by atoms with Crippen LogP contribution in [0.1, 0.15) is 96.8 Å². The van der Waals surface area contributed by atoms with E-state index in [0.717, 1.165) is 12.8 Å². The van der Waals surface area contributed by atoms with Gasteiger partial charge in [-0.15, -0.1) is 0 Å². The highest BCUT2D eigenvalue weighted by molar-refractivity contribution is 5.72. The average Bonchev–Trinajstić information content (AvgIpc) is 3.19. The molecular weight excluding hydrogens is 364 g/mol. The molecule has 1 aliphatic heterocycles. The van der Waals surface area contributed by atoms with Crippen molar-refractivity contribution < 1.29 is 19.0 Å². The number of fused-ring (bicyclic) bond motifs is 1. The van der Waals surface area contributed by atoms with Crippen LogP contribution in [0.25, 0.3) is 0 Å². The average molecular weight is 403 g/mol. The molecule has 0 saturated heterocycles. The smallest absolute Gasteiger partial charge is 0.311 e. The van der Waals surface area contributed by atoms with Gasteiger partial charge in [-0.25, -0.2) is 0 Å². The molecule has 0 bridgehead atoms. The number of allylic oxidation sites excluding steroid dienone is 2. The van der Waals surface area contributed by atoms with E-state index in [2.05, 4.69) is 19.1 Å². The van der Waals surface area contributed by atoms with E-state index in [1.165, 1.54) is 70.6 Å². The molecule has 0 unspecified atom stereocenters. The van der Waals surface area contributed by atoms with E-state index in [0.29, 0.717) is 23.7 Å². The van der Waals surface area contributed by atoms with Gasteiger partial charge in [-0.2, -0.15) is 0 Å². The first kappa shape index (κ1) is 23.3. The monoisotopic (exact) mass is 402 g/mol. The second-order valence-corrected chi connectivity index (χ2v) is 7.82. The minimum atomic E-state index is -0.179. The summed E-state index contributed by atoms with van der Waals surface area (Å²) in [7, 11) is 0. The maximum absolute atomic E-state index is 11.9. The van der Waals surface area contributed by atoms with Gasteiger partial charge in [0, 0.05) is 12.5 Å². The van der Waals surface area contributed by atoms with E-state index in [9.17, 15) is 4.79 Å². The van der Waals surface area contributed by atoms with Crippen molar-refractivity contribution in [3.63, 3.8) is 0 Å². The Morgan fingerprint density at radius 2 is 1.48 bits per heavy atom. The van der Waals surface area contributed by atoms with Crippen LogP contribution in [0.4, 0.5) is 0 Å². The number of carbonyl (C=O) groups is 1. The second kappa shape index (κ2) is 14.9. The second-order valence-electron chi connectivity index (χ2n) is 7.82. The van der Waals surface area contributed by atoms with Gasteiger partial charge in [-0.05, 0) is 44.2 Å². The number of rotatable bonds is 16. The van der Waals surface area contributed by atoms with Crippen molar-refractivity contribution in [1.82, 2.24) is 0 Å². The highest BCUT2D eigenvalue weighted by atomic mass is 16.7. The highest BCUT2D eigenvalue weighted by Gasteiger charge is 2.15. The van der Waals surface area contributed by atoms with Crippen LogP contribution >= 0.6 is 0 Å². The molecule has 1 aliphatic rings. The lowest BCUT2D eigenvalue weighted by Gasteiger charge is -2.05. The van der Waals surface area contributed by atoms with Gasteiger partial charge >= 0.3 is 5.97 Å². The molecule has 0 aromatic heterocycles. The van der Waals surface area contributed by atoms with Gasteiger partial charge < -0.3 is 14.2 Å². The zero-order valence-corrected chi connectivity index (χ0v) is 18.1. The van der Waals surface area contributed by atoms with Gasteiger partial charge in [-0.1, -0.05) is 70.4 Å². The Labute approximate surface area is 176 Å². The topological polar surface area (TPSA) is 44.8 Å². The third kappa shape index (κ3) is 10.4. The van der Waals surface area contributed by atoms with Gasteiger partial charge in [0.1, 0.15) is 5.75 Å². The Hall–Kier alpha value is -1.97. The van der Waals surface area contributed by atoms with Gasteiger partial charge in [0.25, 0.3) is 0 Å². The first-order valence-corrected chi connectivity index (χ1v) is 11.5. The molecule has 4 heteroatoms. The predicted molar refractivity (Wildman–Crippen MR) is 118 cm³/mol. The van der Waals surface area contributed by atoms with Crippen LogP contribution in [-0.2, 0) is 4.79 Å². The van der Waals surface area contributed by atoms with E-state index in [-0.39, 0.29) is 12.8 Å². The molecule has 0 spiro atoms. The highest BCUT2D eigenvalue weighted by Crippen LogP contribution is 2.35. The largest absolute Gasteiger partial charge is 0.454 e. The summed E-state index contributed by atoms with van der Waals surface area (Å²) in [6, 6.07) is 5.22. The zero-order chi connectivity index (χ0) is 20.6. The summed E-state index contributed by atoms with van der Waals surface area (Å²) in [6.07, 6.45) is 21.4. The fraction of sp³-hybridized carbons (Fsp3) is 0.640. The lowest BCUT2D eigenvalue weighted by Crippen LogP contribution is -2.07. The number of hydrogen-bond acceptors (Lipinski definition) is 4. The van der Waals surface area contributed by atoms with Gasteiger partial charge in [0.15, 0.2) is 11.5 Å². The van der Waals surface area contributed by atoms with Crippen molar-refractivity contribution in [2.45, 2.75) is 96.8 Å². The van der Waals surface area contributed by atoms with Crippen molar-refractivity contribution in [2.75, 3.05) is 6.79 Å². The fourth-order valence-electron chi connectivity index (χ4n) is 3.46. The molecule has 0 aliphatic carbocycles. The molecule has 2 rings (SSSR count). The van der Waals surface area contributed by atoms with Crippen molar-refractivity contribution in [2.24, 2.45) is 0 Å². The van der Waals surface area contributed by atoms with Crippen molar-refractivity contribution >= 4 is 5.97 Å². The molecule has 1 aromatic carbocycles. The van der Waals surface area contributed by atoms with E-state index >= 15 is 0 Å². The van der Waals surface area contributed by atoms with Crippen molar-refractivity contribution in [3.8, 4) is 17.2 Å². The van der Waals surface area contributed by atoms with Gasteiger partial charge in [0.05, 0.1) is 0 Å². The van der Waals surface area contributed by atoms with E-state index in [1.807, 2.05) is 0 Å². The van der Waals surface area contributed by atoms with E-state index < -0.39 is 0 Å². The van der Waals surface area contributed by atoms with Crippen LogP contribution in [0.15, 0.2) is 30.4 Å². The molecule has 0 saturated carbocycles. The standard InChI is InChI=1S/C25H38O4/c1-2-3-4-5-6-7-8-9-10-11-12-13-14-15-16-17-25(26)29-22-18-19-23-24(20-22)28-21-27-23/h9-10,18-20H,2-8,11-17,21H2,1H3/b10-9-. The molecule has 0 N–H and O–H groups in total. The molecular formula is C25H38O4. The minimum absolute atomic E-state index is 0.179. The summed E-state index contributed by atoms with van der Waals surface area (Å²) in [5, 5.41) is 0. The summed E-state index contributed by atoms with van der Waals surface area (Å²) in [4.78, 5) is 11.9. The lowest BCUT2D eigenvalue weighted by atomic mass is 10.1. The molecule has 0 atom stereocenters. The molecule has 0 amide bonds. The molecule has 0 fully saturated rings. The molecule has 0 radical (unpaired) electrons. The van der Waals surface area contributed by atoms with Crippen LogP contribution in [0, 0.1) is 0 Å². The number of unbranched alkanes of at least 4 members (excludes halogenated alkanes) is 11. The Kier molecular flexibility index (Phi) is 12.0. The summed E-state index contributed by atoms with van der Waals surface area (Å²) >= 11 is 0. The number of esters is 1. The number of carbonyl (C=O) groups excluding carboxylic acids is 1. The van der Waals surface area contributed by atoms with Crippen LogP contribution in [0.5, 0.6) is 17.2 Å². The fourth-order valence-corrected chi connectivity index (χ4v) is 3.46. The molecule has 1 heterocycles. The Balaban J connectivity index is 1.38. The molecule has 162 valence electrons. The Bertz CT molecular complexity index is 609. The SMILES string of the molecule is CCCCCCCC/C=C\CCCCCCCC(=O)Oc1ccc2c(c1)OCO2. The lowest BCUT2D eigenvalue weighted by molar-refractivity contribution is -0.134. The first-order chi connectivity index (χ1) is 14.3. The molecule has 4 nitrogen and oxygen atoms in total. The van der Waals surface area contributed by atoms with E-state index in [4.69, 9.17) is 14.2 Å². The summed E-state index contributed by atoms with van der Waals surface area (Å²) in [6.45, 7) is 2.49. The number of ether oxygens (including phenoxy) is 3. The molecule has 1 aromatic rings. The van der Waals surface area contributed by atoms with Gasteiger partial charge in [-0.3, -0.25) is 4.79 Å². The third-order valence-electron chi connectivity index (χ3n) is 5.22. The number of hydrogen-bond donors (Lipinski definition) is 0. The summed E-state index contributed by atoms with van der Waals surface area (Å²) < 4.78 is 15.9.